The van der Waals surface area contributed by atoms with E-state index in [0.29, 0.717) is 35.5 Å². The number of halogens is 1. The molecule has 1 N–H and O–H groups in total. The maximum absolute atomic E-state index is 12.9. The van der Waals surface area contributed by atoms with Crippen LogP contribution < -0.4 is 10.2 Å². The summed E-state index contributed by atoms with van der Waals surface area (Å²) < 4.78 is 6.49. The summed E-state index contributed by atoms with van der Waals surface area (Å²) in [7, 11) is 0. The van der Waals surface area contributed by atoms with Gasteiger partial charge in [-0.15, -0.1) is 10.2 Å². The first kappa shape index (κ1) is 26.0. The summed E-state index contributed by atoms with van der Waals surface area (Å²) in [4.78, 5) is 29.4. The zero-order valence-corrected chi connectivity index (χ0v) is 23.2. The molecule has 2 amide bonds. The number of carbonyl (C=O) groups excluding carboxylic acids is 2. The molecular weight excluding hydrogens is 566 g/mol. The van der Waals surface area contributed by atoms with E-state index in [1.54, 1.807) is 0 Å². The number of carbonyl (C=O) groups is 2. The van der Waals surface area contributed by atoms with Crippen molar-refractivity contribution < 1.29 is 14.0 Å². The van der Waals surface area contributed by atoms with E-state index in [4.69, 9.17) is 4.42 Å². The second-order valence-electron chi connectivity index (χ2n) is 8.88. The van der Waals surface area contributed by atoms with Crippen LogP contribution in [0.5, 0.6) is 0 Å². The third-order valence-electron chi connectivity index (χ3n) is 6.22. The molecule has 1 fully saturated rings. The van der Waals surface area contributed by atoms with Crippen molar-refractivity contribution in [2.24, 2.45) is 0 Å². The van der Waals surface area contributed by atoms with E-state index in [2.05, 4.69) is 36.3 Å². The van der Waals surface area contributed by atoms with Crippen molar-refractivity contribution in [2.75, 3.05) is 42.1 Å². The molecule has 8 nitrogen and oxygen atoms in total. The van der Waals surface area contributed by atoms with Gasteiger partial charge in [-0.25, -0.2) is 0 Å². The Bertz CT molecular complexity index is 1420. The van der Waals surface area contributed by atoms with E-state index in [9.17, 15) is 9.59 Å². The minimum atomic E-state index is -0.156. The number of rotatable bonds is 7. The molecule has 1 aliphatic rings. The van der Waals surface area contributed by atoms with Crippen molar-refractivity contribution in [2.45, 2.75) is 12.1 Å². The molecule has 38 heavy (non-hydrogen) atoms. The van der Waals surface area contributed by atoms with Gasteiger partial charge in [0.2, 0.25) is 11.8 Å². The summed E-state index contributed by atoms with van der Waals surface area (Å²) in [6.45, 7) is 4.80. The van der Waals surface area contributed by atoms with E-state index in [-0.39, 0.29) is 17.6 Å². The summed E-state index contributed by atoms with van der Waals surface area (Å²) >= 11 is 4.67. The summed E-state index contributed by atoms with van der Waals surface area (Å²) in [5.41, 5.74) is 4.45. The smallest absolute Gasteiger partial charge is 0.277 e. The number of anilines is 2. The molecule has 0 spiro atoms. The van der Waals surface area contributed by atoms with E-state index < -0.39 is 0 Å². The first-order chi connectivity index (χ1) is 18.5. The highest BCUT2D eigenvalue weighted by atomic mass is 79.9. The van der Waals surface area contributed by atoms with Gasteiger partial charge in [0.05, 0.1) is 11.3 Å². The van der Waals surface area contributed by atoms with Gasteiger partial charge >= 0.3 is 0 Å². The molecule has 194 valence electrons. The molecule has 2 heterocycles. The Labute approximate surface area is 233 Å². The highest BCUT2D eigenvalue weighted by Crippen LogP contribution is 2.25. The minimum Gasteiger partial charge on any atom is -0.411 e. The van der Waals surface area contributed by atoms with E-state index >= 15 is 0 Å². The summed E-state index contributed by atoms with van der Waals surface area (Å²) in [5.74, 6) is 0.476. The SMILES string of the molecule is Cc1ccc(-c2nnc(SCC(=O)Nc3ccc(N4CCN(C(=O)c5ccccc5Br)CC4)cc3)o2)cc1. The summed E-state index contributed by atoms with van der Waals surface area (Å²) in [5, 5.41) is 11.4. The Kier molecular flexibility index (Phi) is 8.09. The molecule has 0 bridgehead atoms. The first-order valence-corrected chi connectivity index (χ1v) is 14.0. The molecule has 1 aliphatic heterocycles. The quantitative estimate of drug-likeness (QED) is 0.284. The lowest BCUT2D eigenvalue weighted by Gasteiger charge is -2.36. The topological polar surface area (TPSA) is 91.6 Å². The van der Waals surface area contributed by atoms with Gasteiger partial charge in [-0.2, -0.15) is 0 Å². The molecule has 0 saturated carbocycles. The number of aryl methyl sites for hydroxylation is 1. The van der Waals surface area contributed by atoms with Crippen LogP contribution >= 0.6 is 27.7 Å². The standard InChI is InChI=1S/C28H26BrN5O3S/c1-19-6-8-20(9-7-19)26-31-32-28(37-26)38-18-25(35)30-21-10-12-22(13-11-21)33-14-16-34(17-15-33)27(36)23-4-2-3-5-24(23)29/h2-13H,14-18H2,1H3,(H,30,35). The minimum absolute atomic E-state index is 0.0416. The van der Waals surface area contributed by atoms with Crippen LogP contribution in [0, 0.1) is 6.92 Å². The number of hydrogen-bond donors (Lipinski definition) is 1. The fraction of sp³-hybridized carbons (Fsp3) is 0.214. The number of amides is 2. The van der Waals surface area contributed by atoms with Crippen molar-refractivity contribution in [3.05, 3.63) is 88.4 Å². The Morgan fingerprint density at radius 2 is 1.66 bits per heavy atom. The zero-order chi connectivity index (χ0) is 26.5. The second-order valence-corrected chi connectivity index (χ2v) is 10.7. The van der Waals surface area contributed by atoms with Crippen LogP contribution in [0.1, 0.15) is 15.9 Å². The lowest BCUT2D eigenvalue weighted by atomic mass is 10.1. The molecule has 0 aliphatic carbocycles. The number of aromatic nitrogens is 2. The molecule has 1 saturated heterocycles. The molecule has 5 rings (SSSR count). The van der Waals surface area contributed by atoms with Gasteiger partial charge in [0.25, 0.3) is 11.1 Å². The number of nitrogens with one attached hydrogen (secondary N) is 1. The third-order valence-corrected chi connectivity index (χ3v) is 7.73. The highest BCUT2D eigenvalue weighted by Gasteiger charge is 2.23. The van der Waals surface area contributed by atoms with Crippen molar-refractivity contribution in [3.8, 4) is 11.5 Å². The Hall–Kier alpha value is -3.63. The maximum Gasteiger partial charge on any atom is 0.277 e. The molecule has 3 aromatic carbocycles. The van der Waals surface area contributed by atoms with Crippen LogP contribution in [0.2, 0.25) is 0 Å². The molecule has 0 atom stereocenters. The Morgan fingerprint density at radius 3 is 2.37 bits per heavy atom. The van der Waals surface area contributed by atoms with Crippen LogP contribution in [0.25, 0.3) is 11.5 Å². The van der Waals surface area contributed by atoms with Crippen LogP contribution in [-0.2, 0) is 4.79 Å². The number of nitrogens with zero attached hydrogens (tertiary/aromatic N) is 4. The van der Waals surface area contributed by atoms with E-state index in [1.165, 1.54) is 11.8 Å². The van der Waals surface area contributed by atoms with Gasteiger partial charge in [0, 0.05) is 47.6 Å². The van der Waals surface area contributed by atoms with Gasteiger partial charge in [-0.05, 0) is 71.4 Å². The van der Waals surface area contributed by atoms with Gasteiger partial charge in [0.1, 0.15) is 0 Å². The molecule has 0 unspecified atom stereocenters. The molecule has 1 aromatic heterocycles. The second kappa shape index (κ2) is 11.8. The Balaban J connectivity index is 1.09. The van der Waals surface area contributed by atoms with Gasteiger partial charge in [-0.1, -0.05) is 41.6 Å². The van der Waals surface area contributed by atoms with Crippen LogP contribution in [0.3, 0.4) is 0 Å². The largest absolute Gasteiger partial charge is 0.411 e. The fourth-order valence-corrected chi connectivity index (χ4v) is 5.15. The molecule has 4 aromatic rings. The van der Waals surface area contributed by atoms with Crippen molar-refractivity contribution in [1.82, 2.24) is 15.1 Å². The summed E-state index contributed by atoms with van der Waals surface area (Å²) in [6.07, 6.45) is 0. The maximum atomic E-state index is 12.9. The van der Waals surface area contributed by atoms with E-state index in [0.717, 1.165) is 34.4 Å². The lowest BCUT2D eigenvalue weighted by molar-refractivity contribution is -0.113. The number of piperazine rings is 1. The molecular formula is C28H26BrN5O3S. The molecule has 10 heteroatoms. The number of benzene rings is 3. The molecule has 0 radical (unpaired) electrons. The number of thioether (sulfide) groups is 1. The summed E-state index contributed by atoms with van der Waals surface area (Å²) in [6, 6.07) is 23.1. The highest BCUT2D eigenvalue weighted by molar-refractivity contribution is 9.10. The average Bonchev–Trinajstić information content (AvgIpc) is 3.42. The van der Waals surface area contributed by atoms with E-state index in [1.807, 2.05) is 84.6 Å². The number of hydrogen-bond acceptors (Lipinski definition) is 7. The van der Waals surface area contributed by atoms with Crippen molar-refractivity contribution in [1.29, 1.82) is 0 Å². The van der Waals surface area contributed by atoms with Gasteiger partial charge < -0.3 is 19.5 Å². The Morgan fingerprint density at radius 1 is 0.947 bits per heavy atom. The van der Waals surface area contributed by atoms with Crippen molar-refractivity contribution >= 4 is 50.9 Å². The fourth-order valence-electron chi connectivity index (χ4n) is 4.13. The predicted octanol–water partition coefficient (Wildman–Crippen LogP) is 5.50. The van der Waals surface area contributed by atoms with Gasteiger partial charge in [-0.3, -0.25) is 9.59 Å². The van der Waals surface area contributed by atoms with Crippen LogP contribution in [0.4, 0.5) is 11.4 Å². The van der Waals surface area contributed by atoms with Gasteiger partial charge in [0.15, 0.2) is 0 Å². The zero-order valence-electron chi connectivity index (χ0n) is 20.8. The normalized spacial score (nSPS) is 13.4. The first-order valence-electron chi connectivity index (χ1n) is 12.2. The van der Waals surface area contributed by atoms with Crippen molar-refractivity contribution in [3.63, 3.8) is 0 Å². The predicted molar refractivity (Wildman–Crippen MR) is 153 cm³/mol. The average molecular weight is 593 g/mol. The third kappa shape index (κ3) is 6.25. The monoisotopic (exact) mass is 591 g/mol. The van der Waals surface area contributed by atoms with Crippen LogP contribution in [0.15, 0.2) is 86.9 Å². The van der Waals surface area contributed by atoms with Crippen LogP contribution in [-0.4, -0.2) is 58.8 Å². The lowest BCUT2D eigenvalue weighted by Crippen LogP contribution is -2.48.